The molecule has 0 saturated carbocycles. The van der Waals surface area contributed by atoms with Crippen LogP contribution in [0.2, 0.25) is 0 Å². The van der Waals surface area contributed by atoms with Gasteiger partial charge in [-0.05, 0) is 30.5 Å². The van der Waals surface area contributed by atoms with Crippen molar-refractivity contribution in [3.8, 4) is 17.2 Å². The van der Waals surface area contributed by atoms with E-state index in [1.807, 2.05) is 36.6 Å². The molecule has 170 valence electrons. The van der Waals surface area contributed by atoms with E-state index in [4.69, 9.17) is 14.2 Å². The molecule has 0 fully saturated rings. The van der Waals surface area contributed by atoms with E-state index in [-0.39, 0.29) is 5.69 Å². The molecular weight excluding hydrogens is 448 g/mol. The number of thioether (sulfide) groups is 1. The summed E-state index contributed by atoms with van der Waals surface area (Å²) in [6.45, 7) is 0.230. The molecule has 1 aliphatic rings. The Morgan fingerprint density at radius 2 is 1.85 bits per heavy atom. The van der Waals surface area contributed by atoms with Crippen LogP contribution >= 0.6 is 11.8 Å². The van der Waals surface area contributed by atoms with Crippen LogP contribution in [0.5, 0.6) is 11.5 Å². The molecule has 11 heteroatoms. The summed E-state index contributed by atoms with van der Waals surface area (Å²) in [5, 5.41) is 5.23. The molecule has 0 radical (unpaired) electrons. The highest BCUT2D eigenvalue weighted by molar-refractivity contribution is 7.98. The molecule has 4 rings (SSSR count). The van der Waals surface area contributed by atoms with Gasteiger partial charge in [0.2, 0.25) is 0 Å². The first-order valence-electron chi connectivity index (χ1n) is 9.90. The molecule has 0 spiro atoms. The van der Waals surface area contributed by atoms with Gasteiger partial charge in [0.25, 0.3) is 5.91 Å². The molecule has 0 unspecified atom stereocenters. The third-order valence-electron chi connectivity index (χ3n) is 4.52. The van der Waals surface area contributed by atoms with E-state index in [1.165, 1.54) is 18.0 Å². The third-order valence-corrected chi connectivity index (χ3v) is 5.18. The lowest BCUT2D eigenvalue weighted by Gasteiger charge is -2.19. The van der Waals surface area contributed by atoms with Gasteiger partial charge in [-0.15, -0.1) is 0 Å². The van der Waals surface area contributed by atoms with Crippen LogP contribution in [-0.4, -0.2) is 53.5 Å². The zero-order chi connectivity index (χ0) is 23.2. The number of aromatic nitrogens is 2. The Hall–Kier alpha value is -3.99. The van der Waals surface area contributed by atoms with Crippen LogP contribution in [0, 0.1) is 0 Å². The summed E-state index contributed by atoms with van der Waals surface area (Å²) >= 11 is 1.37. The largest absolute Gasteiger partial charge is 0.486 e. The Labute approximate surface area is 193 Å². The van der Waals surface area contributed by atoms with Crippen LogP contribution < -0.4 is 20.1 Å². The maximum Gasteiger partial charge on any atom is 0.357 e. The third kappa shape index (κ3) is 5.26. The van der Waals surface area contributed by atoms with Crippen molar-refractivity contribution in [2.75, 3.05) is 31.4 Å². The van der Waals surface area contributed by atoms with E-state index in [9.17, 15) is 14.4 Å². The molecule has 33 heavy (non-hydrogen) atoms. The first kappa shape index (κ1) is 22.2. The van der Waals surface area contributed by atoms with Crippen molar-refractivity contribution in [2.45, 2.75) is 5.16 Å². The molecule has 10 nitrogen and oxygen atoms in total. The molecule has 1 aliphatic heterocycles. The summed E-state index contributed by atoms with van der Waals surface area (Å²) in [7, 11) is 0. The summed E-state index contributed by atoms with van der Waals surface area (Å²) < 4.78 is 17.6. The molecular formula is C22H20N4O6S. The molecule has 2 heterocycles. The summed E-state index contributed by atoms with van der Waals surface area (Å²) in [6.07, 6.45) is 3.22. The van der Waals surface area contributed by atoms with Crippen molar-refractivity contribution in [3.63, 3.8) is 0 Å². The first-order chi connectivity index (χ1) is 16.0. The van der Waals surface area contributed by atoms with E-state index in [0.717, 1.165) is 5.69 Å². The molecule has 0 atom stereocenters. The number of benzene rings is 2. The lowest BCUT2D eigenvalue weighted by Crippen LogP contribution is -2.37. The number of esters is 1. The normalized spacial score (nSPS) is 12.0. The minimum atomic E-state index is -0.783. The number of nitrogens with one attached hydrogen (secondary N) is 2. The van der Waals surface area contributed by atoms with Crippen molar-refractivity contribution in [1.82, 2.24) is 14.9 Å². The number of para-hydroxylation sites is 1. The van der Waals surface area contributed by atoms with Crippen molar-refractivity contribution in [3.05, 3.63) is 60.4 Å². The van der Waals surface area contributed by atoms with Crippen LogP contribution in [-0.2, 0) is 9.53 Å². The molecule has 3 aromatic rings. The second kappa shape index (κ2) is 10.1. The van der Waals surface area contributed by atoms with Crippen molar-refractivity contribution >= 4 is 35.4 Å². The minimum Gasteiger partial charge on any atom is -0.486 e. The van der Waals surface area contributed by atoms with Crippen molar-refractivity contribution < 1.29 is 28.6 Å². The Balaban J connectivity index is 1.33. The van der Waals surface area contributed by atoms with Gasteiger partial charge in [0.15, 0.2) is 29.0 Å². The number of ether oxygens (including phenoxy) is 3. The number of carbonyl (C=O) groups is 3. The Morgan fingerprint density at radius 1 is 1.09 bits per heavy atom. The van der Waals surface area contributed by atoms with Gasteiger partial charge in [-0.3, -0.25) is 14.7 Å². The van der Waals surface area contributed by atoms with Gasteiger partial charge >= 0.3 is 12.0 Å². The molecule has 3 amide bonds. The van der Waals surface area contributed by atoms with Gasteiger partial charge in [0.05, 0.1) is 6.20 Å². The average Bonchev–Trinajstić information content (AvgIpc) is 3.27. The number of anilines is 1. The van der Waals surface area contributed by atoms with Crippen LogP contribution in [0.25, 0.3) is 5.69 Å². The van der Waals surface area contributed by atoms with Gasteiger partial charge in [-0.25, -0.2) is 14.6 Å². The van der Waals surface area contributed by atoms with Gasteiger partial charge < -0.3 is 19.5 Å². The molecule has 2 aromatic carbocycles. The first-order valence-corrected chi connectivity index (χ1v) is 11.1. The highest BCUT2D eigenvalue weighted by Gasteiger charge is 2.20. The number of hydrogen-bond donors (Lipinski definition) is 2. The number of imidazole rings is 1. The van der Waals surface area contributed by atoms with E-state index >= 15 is 0 Å². The maximum absolute atomic E-state index is 12.6. The predicted octanol–water partition coefficient (Wildman–Crippen LogP) is 2.87. The molecule has 1 aromatic heterocycles. The number of fused-ring (bicyclic) bond motifs is 1. The quantitative estimate of drug-likeness (QED) is 0.419. The zero-order valence-electron chi connectivity index (χ0n) is 17.6. The molecule has 0 aliphatic carbocycles. The smallest absolute Gasteiger partial charge is 0.357 e. The standard InChI is InChI=1S/C22H20N4O6S/c1-33-22-23-12-16(26(22)15-5-3-2-4-6-15)20(28)32-13-19(27)25-21(29)24-14-7-8-17-18(11-14)31-10-9-30-17/h2-8,11-12H,9-10,13H2,1H3,(H2,24,25,27,29). The Morgan fingerprint density at radius 3 is 2.61 bits per heavy atom. The predicted molar refractivity (Wildman–Crippen MR) is 120 cm³/mol. The maximum atomic E-state index is 12.6. The van der Waals surface area contributed by atoms with Gasteiger partial charge in [0, 0.05) is 17.4 Å². The second-order valence-electron chi connectivity index (χ2n) is 6.74. The lowest BCUT2D eigenvalue weighted by molar-refractivity contribution is -0.123. The Bertz CT molecular complexity index is 1180. The van der Waals surface area contributed by atoms with E-state index in [1.54, 1.807) is 22.8 Å². The number of rotatable bonds is 6. The SMILES string of the molecule is CSc1ncc(C(=O)OCC(=O)NC(=O)Nc2ccc3c(c2)OCCO3)n1-c1ccccc1. The van der Waals surface area contributed by atoms with Gasteiger partial charge in [-0.1, -0.05) is 30.0 Å². The fourth-order valence-corrected chi connectivity index (χ4v) is 3.65. The number of amides is 3. The topological polar surface area (TPSA) is 121 Å². The zero-order valence-corrected chi connectivity index (χ0v) is 18.4. The summed E-state index contributed by atoms with van der Waals surface area (Å²) in [5.74, 6) is -0.447. The fourth-order valence-electron chi connectivity index (χ4n) is 3.10. The number of nitrogens with zero attached hydrogens (tertiary/aromatic N) is 2. The summed E-state index contributed by atoms with van der Waals surface area (Å²) in [6, 6.07) is 13.3. The second-order valence-corrected chi connectivity index (χ2v) is 7.51. The molecule has 0 saturated heterocycles. The summed E-state index contributed by atoms with van der Waals surface area (Å²) in [4.78, 5) is 41.0. The highest BCUT2D eigenvalue weighted by atomic mass is 32.2. The fraction of sp³-hybridized carbons (Fsp3) is 0.182. The van der Waals surface area contributed by atoms with Crippen LogP contribution in [0.15, 0.2) is 59.9 Å². The van der Waals surface area contributed by atoms with Gasteiger partial charge in [0.1, 0.15) is 13.2 Å². The lowest BCUT2D eigenvalue weighted by atomic mass is 10.2. The number of urea groups is 1. The van der Waals surface area contributed by atoms with Gasteiger partial charge in [-0.2, -0.15) is 0 Å². The summed E-state index contributed by atoms with van der Waals surface area (Å²) in [5.41, 5.74) is 1.31. The van der Waals surface area contributed by atoms with Crippen LogP contribution in [0.3, 0.4) is 0 Å². The molecule has 2 N–H and O–H groups in total. The van der Waals surface area contributed by atoms with Crippen molar-refractivity contribution in [2.24, 2.45) is 0 Å². The number of carbonyl (C=O) groups excluding carboxylic acids is 3. The minimum absolute atomic E-state index is 0.166. The highest BCUT2D eigenvalue weighted by Crippen LogP contribution is 2.32. The van der Waals surface area contributed by atoms with E-state index in [2.05, 4.69) is 15.6 Å². The number of imide groups is 1. The van der Waals surface area contributed by atoms with E-state index in [0.29, 0.717) is 35.6 Å². The number of hydrogen-bond acceptors (Lipinski definition) is 8. The van der Waals surface area contributed by atoms with Crippen LogP contribution in [0.4, 0.5) is 10.5 Å². The van der Waals surface area contributed by atoms with Crippen molar-refractivity contribution in [1.29, 1.82) is 0 Å². The average molecular weight is 468 g/mol. The Kier molecular flexibility index (Phi) is 6.79. The van der Waals surface area contributed by atoms with E-state index < -0.39 is 24.5 Å². The monoisotopic (exact) mass is 468 g/mol. The molecule has 0 bridgehead atoms. The van der Waals surface area contributed by atoms with Crippen LogP contribution in [0.1, 0.15) is 10.5 Å².